The first-order valence-corrected chi connectivity index (χ1v) is 11.8. The Kier molecular flexibility index (Phi) is 6.48. The van der Waals surface area contributed by atoms with Crippen LogP contribution in [-0.2, 0) is 4.79 Å². The van der Waals surface area contributed by atoms with Crippen LogP contribution in [0.15, 0.2) is 59.6 Å². The molecular formula is C25H25N3O2S2. The fourth-order valence-corrected chi connectivity index (χ4v) is 4.90. The lowest BCUT2D eigenvalue weighted by molar-refractivity contribution is -0.121. The first kappa shape index (κ1) is 22.3. The van der Waals surface area contributed by atoms with Crippen molar-refractivity contribution >= 4 is 40.3 Å². The molecule has 1 aliphatic rings. The maximum absolute atomic E-state index is 12.8. The topological polar surface area (TPSA) is 47.4 Å². The molecule has 0 unspecified atom stereocenters. The third-order valence-corrected chi connectivity index (χ3v) is 6.43. The van der Waals surface area contributed by atoms with Crippen LogP contribution < -0.4 is 4.74 Å². The van der Waals surface area contributed by atoms with E-state index in [-0.39, 0.29) is 12.0 Å². The molecular weight excluding hydrogens is 438 g/mol. The van der Waals surface area contributed by atoms with Gasteiger partial charge in [0.05, 0.1) is 16.7 Å². The fraction of sp³-hybridized carbons (Fsp3) is 0.240. The number of hydrogen-bond donors (Lipinski definition) is 0. The number of rotatable bonds is 6. The predicted octanol–water partition coefficient (Wildman–Crippen LogP) is 5.86. The van der Waals surface area contributed by atoms with Crippen LogP contribution in [0, 0.1) is 6.92 Å². The van der Waals surface area contributed by atoms with Crippen molar-refractivity contribution in [3.63, 3.8) is 0 Å². The summed E-state index contributed by atoms with van der Waals surface area (Å²) in [6.45, 7) is 8.55. The summed E-state index contributed by atoms with van der Waals surface area (Å²) in [6, 6.07) is 16.0. The van der Waals surface area contributed by atoms with E-state index in [4.69, 9.17) is 22.1 Å². The number of nitrogens with zero attached hydrogens (tertiary/aromatic N) is 3. The van der Waals surface area contributed by atoms with Crippen molar-refractivity contribution < 1.29 is 9.53 Å². The van der Waals surface area contributed by atoms with Crippen LogP contribution >= 0.6 is 24.0 Å². The molecule has 5 nitrogen and oxygen atoms in total. The lowest BCUT2D eigenvalue weighted by Crippen LogP contribution is -2.27. The molecule has 0 aliphatic carbocycles. The van der Waals surface area contributed by atoms with Crippen LogP contribution in [0.4, 0.5) is 0 Å². The Morgan fingerprint density at radius 1 is 1.19 bits per heavy atom. The normalized spacial score (nSPS) is 15.3. The standard InChI is InChI=1S/C25H25N3O2S2/c1-5-27-24(29)22(32-25(27)31)14-19-15-28(20-9-7-6-8-10-20)26-23(19)18-11-12-21(17(4)13-18)30-16(2)3/h6-16H,5H2,1-4H3/b22-14-. The van der Waals surface area contributed by atoms with Gasteiger partial charge in [-0.15, -0.1) is 0 Å². The lowest BCUT2D eigenvalue weighted by Gasteiger charge is -2.13. The van der Waals surface area contributed by atoms with Gasteiger partial charge < -0.3 is 4.74 Å². The molecule has 0 spiro atoms. The summed E-state index contributed by atoms with van der Waals surface area (Å²) in [7, 11) is 0. The minimum Gasteiger partial charge on any atom is -0.491 e. The Hall–Kier alpha value is -2.90. The molecule has 32 heavy (non-hydrogen) atoms. The number of aromatic nitrogens is 2. The van der Waals surface area contributed by atoms with E-state index in [1.54, 1.807) is 4.90 Å². The van der Waals surface area contributed by atoms with Gasteiger partial charge >= 0.3 is 0 Å². The molecule has 0 radical (unpaired) electrons. The minimum atomic E-state index is -0.0576. The van der Waals surface area contributed by atoms with Crippen molar-refractivity contribution in [2.75, 3.05) is 6.54 Å². The van der Waals surface area contributed by atoms with Crippen LogP contribution in [0.1, 0.15) is 31.9 Å². The second kappa shape index (κ2) is 9.30. The van der Waals surface area contributed by atoms with Crippen molar-refractivity contribution in [3.8, 4) is 22.7 Å². The summed E-state index contributed by atoms with van der Waals surface area (Å²) < 4.78 is 8.33. The zero-order chi connectivity index (χ0) is 22.8. The Morgan fingerprint density at radius 3 is 2.56 bits per heavy atom. The number of benzene rings is 2. The third kappa shape index (κ3) is 4.49. The van der Waals surface area contributed by atoms with E-state index in [0.29, 0.717) is 15.8 Å². The number of thiocarbonyl (C=S) groups is 1. The van der Waals surface area contributed by atoms with Crippen LogP contribution in [0.3, 0.4) is 0 Å². The average Bonchev–Trinajstić information content (AvgIpc) is 3.30. The van der Waals surface area contributed by atoms with Gasteiger partial charge in [0.25, 0.3) is 5.91 Å². The quantitative estimate of drug-likeness (QED) is 0.339. The van der Waals surface area contributed by atoms with Crippen LogP contribution in [-0.4, -0.2) is 37.6 Å². The molecule has 2 heterocycles. The molecule has 0 N–H and O–H groups in total. The fourth-order valence-electron chi connectivity index (χ4n) is 3.53. The van der Waals surface area contributed by atoms with Crippen LogP contribution in [0.2, 0.25) is 0 Å². The van der Waals surface area contributed by atoms with Gasteiger partial charge in [-0.2, -0.15) is 5.10 Å². The average molecular weight is 464 g/mol. The second-order valence-corrected chi connectivity index (χ2v) is 9.46. The first-order valence-electron chi connectivity index (χ1n) is 10.6. The van der Waals surface area contributed by atoms with E-state index in [1.165, 1.54) is 11.8 Å². The van der Waals surface area contributed by atoms with E-state index in [1.807, 2.05) is 87.1 Å². The van der Waals surface area contributed by atoms with Crippen molar-refractivity contribution in [2.45, 2.75) is 33.8 Å². The summed E-state index contributed by atoms with van der Waals surface area (Å²) in [5, 5.41) is 4.87. The molecule has 0 atom stereocenters. The van der Waals surface area contributed by atoms with E-state index < -0.39 is 0 Å². The summed E-state index contributed by atoms with van der Waals surface area (Å²) in [4.78, 5) is 15.0. The van der Waals surface area contributed by atoms with Gasteiger partial charge in [0, 0.05) is 23.9 Å². The van der Waals surface area contributed by atoms with Gasteiger partial charge in [-0.25, -0.2) is 4.68 Å². The number of amides is 1. The number of hydrogen-bond acceptors (Lipinski definition) is 5. The van der Waals surface area contributed by atoms with Gasteiger partial charge in [0.2, 0.25) is 0 Å². The number of likely N-dealkylation sites (N-methyl/N-ethyl adjacent to an activating group) is 1. The van der Waals surface area contributed by atoms with E-state index >= 15 is 0 Å². The van der Waals surface area contributed by atoms with Crippen molar-refractivity contribution in [1.29, 1.82) is 0 Å². The highest BCUT2D eigenvalue weighted by atomic mass is 32.2. The molecule has 3 aromatic rings. The highest BCUT2D eigenvalue weighted by Gasteiger charge is 2.31. The molecule has 164 valence electrons. The molecule has 7 heteroatoms. The number of carbonyl (C=O) groups is 1. The van der Waals surface area contributed by atoms with Crippen LogP contribution in [0.5, 0.6) is 5.75 Å². The molecule has 1 amide bonds. The van der Waals surface area contributed by atoms with Gasteiger partial charge in [-0.1, -0.05) is 42.2 Å². The van der Waals surface area contributed by atoms with Crippen LogP contribution in [0.25, 0.3) is 23.0 Å². The molecule has 2 aromatic carbocycles. The second-order valence-electron chi connectivity index (χ2n) is 7.79. The van der Waals surface area contributed by atoms with Crippen molar-refractivity contribution in [1.82, 2.24) is 14.7 Å². The molecule has 0 saturated carbocycles. The number of carbonyl (C=O) groups excluding carboxylic acids is 1. The predicted molar refractivity (Wildman–Crippen MR) is 135 cm³/mol. The van der Waals surface area contributed by atoms with E-state index in [9.17, 15) is 4.79 Å². The molecule has 4 rings (SSSR count). The molecule has 1 aliphatic heterocycles. The first-order chi connectivity index (χ1) is 15.4. The number of aryl methyl sites for hydroxylation is 1. The number of ether oxygens (including phenoxy) is 1. The Labute approximate surface area is 198 Å². The molecule has 1 aromatic heterocycles. The van der Waals surface area contributed by atoms with E-state index in [0.717, 1.165) is 33.8 Å². The zero-order valence-electron chi connectivity index (χ0n) is 18.5. The SMILES string of the molecule is CCN1C(=O)/C(=C/c2cn(-c3ccccc3)nc2-c2ccc(OC(C)C)c(C)c2)SC1=S. The van der Waals surface area contributed by atoms with Gasteiger partial charge in [-0.3, -0.25) is 9.69 Å². The molecule has 0 bridgehead atoms. The summed E-state index contributed by atoms with van der Waals surface area (Å²) >= 11 is 6.71. The highest BCUT2D eigenvalue weighted by molar-refractivity contribution is 8.26. The smallest absolute Gasteiger partial charge is 0.266 e. The largest absolute Gasteiger partial charge is 0.491 e. The summed E-state index contributed by atoms with van der Waals surface area (Å²) in [6.07, 6.45) is 3.95. The summed E-state index contributed by atoms with van der Waals surface area (Å²) in [5.74, 6) is 0.800. The molecule has 1 fully saturated rings. The number of para-hydroxylation sites is 1. The summed E-state index contributed by atoms with van der Waals surface area (Å²) in [5.41, 5.74) is 4.61. The zero-order valence-corrected chi connectivity index (χ0v) is 20.2. The number of thioether (sulfide) groups is 1. The van der Waals surface area contributed by atoms with Gasteiger partial charge in [0.1, 0.15) is 15.8 Å². The van der Waals surface area contributed by atoms with Crippen molar-refractivity contribution in [2.24, 2.45) is 0 Å². The maximum Gasteiger partial charge on any atom is 0.266 e. The lowest BCUT2D eigenvalue weighted by atomic mass is 10.0. The monoisotopic (exact) mass is 463 g/mol. The Morgan fingerprint density at radius 2 is 1.94 bits per heavy atom. The van der Waals surface area contributed by atoms with E-state index in [2.05, 4.69) is 6.07 Å². The minimum absolute atomic E-state index is 0.0576. The third-order valence-electron chi connectivity index (χ3n) is 5.05. The van der Waals surface area contributed by atoms with Gasteiger partial charge in [0.15, 0.2) is 0 Å². The maximum atomic E-state index is 12.8. The Bertz CT molecular complexity index is 1200. The van der Waals surface area contributed by atoms with Crippen molar-refractivity contribution in [3.05, 3.63) is 70.8 Å². The van der Waals surface area contributed by atoms with Gasteiger partial charge in [-0.05, 0) is 69.7 Å². The highest BCUT2D eigenvalue weighted by Crippen LogP contribution is 2.35. The molecule has 1 saturated heterocycles. The Balaban J connectivity index is 1.80.